The quantitative estimate of drug-likeness (QED) is 0.644. The molecule has 0 spiro atoms. The van der Waals surface area contributed by atoms with Crippen molar-refractivity contribution in [3.05, 3.63) is 48.3 Å². The van der Waals surface area contributed by atoms with Crippen molar-refractivity contribution in [1.29, 1.82) is 0 Å². The van der Waals surface area contributed by atoms with Gasteiger partial charge in [0.1, 0.15) is 11.3 Å². The predicted octanol–water partition coefficient (Wildman–Crippen LogP) is 2.49. The van der Waals surface area contributed by atoms with Crippen LogP contribution in [0.3, 0.4) is 0 Å². The van der Waals surface area contributed by atoms with E-state index in [-0.39, 0.29) is 0 Å². The molecule has 30 heavy (non-hydrogen) atoms. The number of piperazine rings is 1. The van der Waals surface area contributed by atoms with E-state index in [2.05, 4.69) is 14.8 Å². The third-order valence-electron chi connectivity index (χ3n) is 6.67. The number of ether oxygens (including phenoxy) is 1. The first-order valence-electron chi connectivity index (χ1n) is 10.6. The molecule has 3 aliphatic rings. The smallest absolute Gasteiger partial charge is 0.268 e. The third kappa shape index (κ3) is 2.66. The van der Waals surface area contributed by atoms with Gasteiger partial charge in [-0.1, -0.05) is 6.07 Å². The number of pyridine rings is 1. The summed E-state index contributed by atoms with van der Waals surface area (Å²) in [5.41, 5.74) is 3.04. The van der Waals surface area contributed by atoms with Gasteiger partial charge in [-0.15, -0.1) is 0 Å². The Balaban J connectivity index is 1.48. The lowest BCUT2D eigenvalue weighted by atomic mass is 10.1. The molecule has 0 bridgehead atoms. The van der Waals surface area contributed by atoms with Crippen molar-refractivity contribution >= 4 is 26.7 Å². The van der Waals surface area contributed by atoms with E-state index in [9.17, 15) is 8.42 Å². The molecule has 1 atom stereocenters. The number of aromatic nitrogens is 2. The summed E-state index contributed by atoms with van der Waals surface area (Å²) < 4.78 is 34.5. The minimum Gasteiger partial charge on any atom is -0.493 e. The highest BCUT2D eigenvalue weighted by atomic mass is 32.2. The lowest BCUT2D eigenvalue weighted by molar-refractivity contribution is 0.231. The molecule has 8 heteroatoms. The van der Waals surface area contributed by atoms with Crippen LogP contribution >= 0.6 is 0 Å². The third-order valence-corrected chi connectivity index (χ3v) is 8.43. The van der Waals surface area contributed by atoms with Crippen LogP contribution in [0.5, 0.6) is 5.75 Å². The normalized spacial score (nSPS) is 21.6. The number of hydrogen-bond donors (Lipinski definition) is 0. The van der Waals surface area contributed by atoms with Crippen LogP contribution in [-0.4, -0.2) is 61.1 Å². The molecule has 0 N–H and O–H groups in total. The Kier molecular flexibility index (Phi) is 4.08. The molecular formula is C22H24N4O3S. The first-order valence-corrected chi connectivity index (χ1v) is 12.0. The molecule has 0 saturated carbocycles. The van der Waals surface area contributed by atoms with Crippen LogP contribution in [0, 0.1) is 0 Å². The number of hydrogen-bond acceptors (Lipinski definition) is 6. The van der Waals surface area contributed by atoms with Gasteiger partial charge in [0.2, 0.25) is 0 Å². The van der Waals surface area contributed by atoms with Gasteiger partial charge in [0.05, 0.1) is 22.7 Å². The molecule has 3 aliphatic heterocycles. The number of fused-ring (bicyclic) bond motifs is 3. The predicted molar refractivity (Wildman–Crippen MR) is 115 cm³/mol. The monoisotopic (exact) mass is 424 g/mol. The molecule has 1 aromatic carbocycles. The summed E-state index contributed by atoms with van der Waals surface area (Å²) in [4.78, 5) is 9.76. The maximum absolute atomic E-state index is 13.7. The Hall–Kier alpha value is -2.58. The summed E-state index contributed by atoms with van der Waals surface area (Å²) in [7, 11) is -3.77. The van der Waals surface area contributed by atoms with E-state index >= 15 is 0 Å². The standard InChI is InChI=1S/C22H24N4O3S/c27-30(28,21-7-1-6-20-17(21)8-13-29-20)26-15-19(22-18(26)5-2-9-23-22)25-12-11-24-10-3-4-16(24)14-25/h1-2,5-7,9,15-16H,3-4,8,10-14H2. The summed E-state index contributed by atoms with van der Waals surface area (Å²) in [5, 5.41) is 0. The van der Waals surface area contributed by atoms with Crippen LogP contribution in [0.1, 0.15) is 18.4 Å². The molecule has 156 valence electrons. The lowest BCUT2D eigenvalue weighted by Gasteiger charge is -2.38. The van der Waals surface area contributed by atoms with Gasteiger partial charge in [0.15, 0.2) is 0 Å². The summed E-state index contributed by atoms with van der Waals surface area (Å²) >= 11 is 0. The fourth-order valence-corrected chi connectivity index (χ4v) is 6.81. The van der Waals surface area contributed by atoms with Crippen molar-refractivity contribution in [3.8, 4) is 5.75 Å². The Morgan fingerprint density at radius 2 is 2.03 bits per heavy atom. The minimum atomic E-state index is -3.77. The Bertz CT molecular complexity index is 1240. The van der Waals surface area contributed by atoms with E-state index in [0.29, 0.717) is 35.2 Å². The maximum Gasteiger partial charge on any atom is 0.268 e. The minimum absolute atomic E-state index is 0.324. The van der Waals surface area contributed by atoms with Crippen molar-refractivity contribution in [1.82, 2.24) is 13.9 Å². The SMILES string of the molecule is O=S(=O)(c1cccc2c1CCO2)n1cc(N2CCN3CCCC3C2)c2ncccc21. The maximum atomic E-state index is 13.7. The summed E-state index contributed by atoms with van der Waals surface area (Å²) in [6.45, 7) is 4.52. The van der Waals surface area contributed by atoms with E-state index < -0.39 is 10.0 Å². The van der Waals surface area contributed by atoms with Crippen LogP contribution in [0.2, 0.25) is 0 Å². The largest absolute Gasteiger partial charge is 0.493 e. The number of anilines is 1. The molecule has 5 heterocycles. The Morgan fingerprint density at radius 1 is 1.10 bits per heavy atom. The van der Waals surface area contributed by atoms with E-state index in [4.69, 9.17) is 4.74 Å². The highest BCUT2D eigenvalue weighted by Crippen LogP contribution is 2.36. The van der Waals surface area contributed by atoms with E-state index in [1.54, 1.807) is 30.6 Å². The molecule has 7 nitrogen and oxygen atoms in total. The highest BCUT2D eigenvalue weighted by molar-refractivity contribution is 7.90. The zero-order valence-electron chi connectivity index (χ0n) is 16.7. The molecular weight excluding hydrogens is 400 g/mol. The highest BCUT2D eigenvalue weighted by Gasteiger charge is 2.33. The average molecular weight is 425 g/mol. The molecule has 3 aromatic rings. The molecule has 0 amide bonds. The summed E-state index contributed by atoms with van der Waals surface area (Å²) in [5.74, 6) is 0.670. The van der Waals surface area contributed by atoms with Gasteiger partial charge >= 0.3 is 0 Å². The molecule has 2 saturated heterocycles. The van der Waals surface area contributed by atoms with Crippen molar-refractivity contribution in [2.24, 2.45) is 0 Å². The van der Waals surface area contributed by atoms with Gasteiger partial charge in [0, 0.05) is 50.1 Å². The second-order valence-corrected chi connectivity index (χ2v) is 10.1. The van der Waals surface area contributed by atoms with Crippen LogP contribution in [-0.2, 0) is 16.4 Å². The van der Waals surface area contributed by atoms with Gasteiger partial charge in [-0.3, -0.25) is 9.88 Å². The first-order chi connectivity index (χ1) is 14.6. The van der Waals surface area contributed by atoms with Crippen molar-refractivity contribution in [2.75, 3.05) is 37.7 Å². The van der Waals surface area contributed by atoms with E-state index in [1.807, 2.05) is 12.1 Å². The van der Waals surface area contributed by atoms with E-state index in [1.165, 1.54) is 23.4 Å². The molecule has 0 radical (unpaired) electrons. The molecule has 0 aliphatic carbocycles. The molecule has 2 aromatic heterocycles. The topological polar surface area (TPSA) is 67.7 Å². The molecule has 1 unspecified atom stereocenters. The molecule has 2 fully saturated rings. The number of rotatable bonds is 3. The number of nitrogens with zero attached hydrogens (tertiary/aromatic N) is 4. The summed E-state index contributed by atoms with van der Waals surface area (Å²) in [6, 6.07) is 9.46. The fraction of sp³-hybridized carbons (Fsp3) is 0.409. The van der Waals surface area contributed by atoms with Crippen LogP contribution in [0.15, 0.2) is 47.6 Å². The van der Waals surface area contributed by atoms with Crippen LogP contribution < -0.4 is 9.64 Å². The van der Waals surface area contributed by atoms with Crippen LogP contribution in [0.25, 0.3) is 11.0 Å². The van der Waals surface area contributed by atoms with Gasteiger partial charge < -0.3 is 9.64 Å². The van der Waals surface area contributed by atoms with Crippen LogP contribution in [0.4, 0.5) is 5.69 Å². The van der Waals surface area contributed by atoms with Crippen molar-refractivity contribution < 1.29 is 13.2 Å². The fourth-order valence-electron chi connectivity index (χ4n) is 5.19. The van der Waals surface area contributed by atoms with Gasteiger partial charge in [0.25, 0.3) is 10.0 Å². The van der Waals surface area contributed by atoms with E-state index in [0.717, 1.165) is 36.4 Å². The second-order valence-electron chi connectivity index (χ2n) is 8.30. The van der Waals surface area contributed by atoms with Gasteiger partial charge in [-0.05, 0) is 43.7 Å². The first kappa shape index (κ1) is 18.2. The number of benzene rings is 1. The van der Waals surface area contributed by atoms with Crippen molar-refractivity contribution in [3.63, 3.8) is 0 Å². The second kappa shape index (κ2) is 6.72. The van der Waals surface area contributed by atoms with Gasteiger partial charge in [-0.25, -0.2) is 12.4 Å². The summed E-state index contributed by atoms with van der Waals surface area (Å²) in [6.07, 6.45) is 6.57. The van der Waals surface area contributed by atoms with Crippen molar-refractivity contribution in [2.45, 2.75) is 30.2 Å². The Morgan fingerprint density at radius 3 is 2.97 bits per heavy atom. The average Bonchev–Trinajstić information content (AvgIpc) is 3.50. The zero-order chi connectivity index (χ0) is 20.3. The Labute approximate surface area is 175 Å². The molecule has 6 rings (SSSR count). The zero-order valence-corrected chi connectivity index (χ0v) is 17.5. The van der Waals surface area contributed by atoms with Gasteiger partial charge in [-0.2, -0.15) is 0 Å². The lowest BCUT2D eigenvalue weighted by Crippen LogP contribution is -2.50.